The van der Waals surface area contributed by atoms with Gasteiger partial charge in [-0.3, -0.25) is 9.59 Å². The van der Waals surface area contributed by atoms with Gasteiger partial charge in [0.25, 0.3) is 0 Å². The Kier molecular flexibility index (Phi) is 18.8. The predicted octanol–water partition coefficient (Wildman–Crippen LogP) is 7.07. The molecule has 0 fully saturated rings. The molecule has 0 radical (unpaired) electrons. The minimum atomic E-state index is -0.679. The Hall–Kier alpha value is -0.860. The minimum Gasteiger partial charge on any atom is -0.481 e. The Morgan fingerprint density at radius 3 is 1.20 bits per heavy atom. The Morgan fingerprint density at radius 2 is 0.840 bits per heavy atom. The molecule has 0 unspecified atom stereocenters. The van der Waals surface area contributed by atoms with Crippen LogP contribution in [-0.4, -0.2) is 16.9 Å². The summed E-state index contributed by atoms with van der Waals surface area (Å²) < 4.78 is 0. The molecule has 0 aromatic rings. The van der Waals surface area contributed by atoms with Gasteiger partial charge in [0.15, 0.2) is 0 Å². The van der Waals surface area contributed by atoms with Gasteiger partial charge in [0.05, 0.1) is 0 Å². The van der Waals surface area contributed by atoms with Crippen molar-refractivity contribution in [1.29, 1.82) is 0 Å². The van der Waals surface area contributed by atoms with Crippen LogP contribution in [0.25, 0.3) is 0 Å². The highest BCUT2D eigenvalue weighted by molar-refractivity contribution is 5.78. The molecule has 3 heteroatoms. The van der Waals surface area contributed by atoms with E-state index < -0.39 is 5.97 Å². The second-order valence-corrected chi connectivity index (χ2v) is 7.49. The molecular weight excluding hydrogens is 312 g/mol. The maximum absolute atomic E-state index is 11.8. The molecule has 0 aliphatic carbocycles. The number of carbonyl (C=O) groups excluding carboxylic acids is 1. The molecule has 0 rings (SSSR count). The van der Waals surface area contributed by atoms with Crippen LogP contribution >= 0.6 is 0 Å². The van der Waals surface area contributed by atoms with Gasteiger partial charge < -0.3 is 5.11 Å². The third-order valence-electron chi connectivity index (χ3n) is 4.91. The Balaban J connectivity index is 3.16. The van der Waals surface area contributed by atoms with E-state index in [1.807, 2.05) is 0 Å². The molecule has 3 nitrogen and oxygen atoms in total. The Bertz CT molecular complexity index is 312. The molecule has 0 saturated heterocycles. The van der Waals surface area contributed by atoms with E-state index in [2.05, 4.69) is 6.92 Å². The van der Waals surface area contributed by atoms with E-state index in [4.69, 9.17) is 5.11 Å². The lowest BCUT2D eigenvalue weighted by molar-refractivity contribution is -0.137. The number of ketones is 1. The molecule has 0 aliphatic heterocycles. The average molecular weight is 355 g/mol. The monoisotopic (exact) mass is 354 g/mol. The van der Waals surface area contributed by atoms with Crippen LogP contribution in [-0.2, 0) is 9.59 Å². The van der Waals surface area contributed by atoms with Gasteiger partial charge >= 0.3 is 5.97 Å². The van der Waals surface area contributed by atoms with Crippen molar-refractivity contribution in [2.45, 2.75) is 129 Å². The Labute approximate surface area is 156 Å². The van der Waals surface area contributed by atoms with E-state index in [1.165, 1.54) is 70.6 Å². The van der Waals surface area contributed by atoms with Crippen LogP contribution in [0.1, 0.15) is 129 Å². The number of carbonyl (C=O) groups is 2. The van der Waals surface area contributed by atoms with Crippen LogP contribution in [0.5, 0.6) is 0 Å². The molecule has 0 aliphatic rings. The summed E-state index contributed by atoms with van der Waals surface area (Å²) in [5.41, 5.74) is 0. The zero-order chi connectivity index (χ0) is 18.6. The quantitative estimate of drug-likeness (QED) is 0.238. The number of carboxylic acids is 1. The van der Waals surface area contributed by atoms with Gasteiger partial charge in [-0.15, -0.1) is 0 Å². The SMILES string of the molecule is CCCCCCCCCC(=O)CCCCCCCCCCCC(=O)O. The first-order valence-electron chi connectivity index (χ1n) is 10.9. The standard InChI is InChI=1S/C22H42O3/c1-2-3-4-5-9-12-15-18-21(23)19-16-13-10-7-6-8-11-14-17-20-22(24)25/h2-20H2,1H3,(H,24,25). The maximum Gasteiger partial charge on any atom is 0.303 e. The van der Waals surface area contributed by atoms with E-state index >= 15 is 0 Å². The Morgan fingerprint density at radius 1 is 0.520 bits per heavy atom. The van der Waals surface area contributed by atoms with E-state index in [-0.39, 0.29) is 0 Å². The van der Waals surface area contributed by atoms with Gasteiger partial charge in [0.1, 0.15) is 5.78 Å². The fourth-order valence-electron chi connectivity index (χ4n) is 3.24. The summed E-state index contributed by atoms with van der Waals surface area (Å²) in [5.74, 6) is -0.214. The van der Waals surface area contributed by atoms with Crippen molar-refractivity contribution in [3.63, 3.8) is 0 Å². The zero-order valence-corrected chi connectivity index (χ0v) is 16.7. The lowest BCUT2D eigenvalue weighted by atomic mass is 10.0. The summed E-state index contributed by atoms with van der Waals surface area (Å²) in [6.45, 7) is 2.24. The van der Waals surface area contributed by atoms with Crippen molar-refractivity contribution in [3.05, 3.63) is 0 Å². The molecule has 0 spiro atoms. The fraction of sp³-hybridized carbons (Fsp3) is 0.909. The van der Waals surface area contributed by atoms with Crippen LogP contribution < -0.4 is 0 Å². The first kappa shape index (κ1) is 24.1. The lowest BCUT2D eigenvalue weighted by Gasteiger charge is -2.03. The third-order valence-corrected chi connectivity index (χ3v) is 4.91. The molecule has 0 aromatic carbocycles. The number of rotatable bonds is 20. The maximum atomic E-state index is 11.8. The molecule has 0 aromatic heterocycles. The van der Waals surface area contributed by atoms with Crippen molar-refractivity contribution < 1.29 is 14.7 Å². The van der Waals surface area contributed by atoms with Gasteiger partial charge in [0.2, 0.25) is 0 Å². The van der Waals surface area contributed by atoms with E-state index in [9.17, 15) is 9.59 Å². The van der Waals surface area contributed by atoms with Crippen LogP contribution in [0.15, 0.2) is 0 Å². The number of carboxylic acid groups (broad SMARTS) is 1. The van der Waals surface area contributed by atoms with Gasteiger partial charge in [-0.2, -0.15) is 0 Å². The highest BCUT2D eigenvalue weighted by atomic mass is 16.4. The molecule has 0 atom stereocenters. The second-order valence-electron chi connectivity index (χ2n) is 7.49. The van der Waals surface area contributed by atoms with Crippen LogP contribution in [0, 0.1) is 0 Å². The summed E-state index contributed by atoms with van der Waals surface area (Å²) in [7, 11) is 0. The van der Waals surface area contributed by atoms with Crippen molar-refractivity contribution in [2.24, 2.45) is 0 Å². The van der Waals surface area contributed by atoms with Crippen molar-refractivity contribution in [3.8, 4) is 0 Å². The molecular formula is C22H42O3. The summed E-state index contributed by atoms with van der Waals surface area (Å²) in [4.78, 5) is 22.2. The van der Waals surface area contributed by atoms with Gasteiger partial charge in [-0.25, -0.2) is 0 Å². The summed E-state index contributed by atoms with van der Waals surface area (Å²) in [5, 5.41) is 8.55. The first-order chi connectivity index (χ1) is 12.2. The molecule has 0 bridgehead atoms. The van der Waals surface area contributed by atoms with Crippen molar-refractivity contribution in [1.82, 2.24) is 0 Å². The smallest absolute Gasteiger partial charge is 0.303 e. The van der Waals surface area contributed by atoms with Crippen LogP contribution in [0.2, 0.25) is 0 Å². The normalized spacial score (nSPS) is 10.9. The third kappa shape index (κ3) is 21.1. The second kappa shape index (κ2) is 19.5. The van der Waals surface area contributed by atoms with E-state index in [0.29, 0.717) is 12.2 Å². The van der Waals surface area contributed by atoms with E-state index in [1.54, 1.807) is 0 Å². The van der Waals surface area contributed by atoms with Crippen molar-refractivity contribution in [2.75, 3.05) is 0 Å². The number of Topliss-reactive ketones (excluding diaryl/α,β-unsaturated/α-hetero) is 1. The number of hydrogen-bond acceptors (Lipinski definition) is 2. The van der Waals surface area contributed by atoms with Gasteiger partial charge in [-0.05, 0) is 19.3 Å². The van der Waals surface area contributed by atoms with Crippen LogP contribution in [0.3, 0.4) is 0 Å². The number of unbranched alkanes of at least 4 members (excludes halogenated alkanes) is 14. The summed E-state index contributed by atoms with van der Waals surface area (Å²) in [6.07, 6.45) is 21.1. The molecule has 0 saturated carbocycles. The highest BCUT2D eigenvalue weighted by Gasteiger charge is 2.02. The first-order valence-corrected chi connectivity index (χ1v) is 10.9. The van der Waals surface area contributed by atoms with Crippen LogP contribution in [0.4, 0.5) is 0 Å². The molecule has 1 N–H and O–H groups in total. The predicted molar refractivity (Wildman–Crippen MR) is 106 cm³/mol. The lowest BCUT2D eigenvalue weighted by Crippen LogP contribution is -1.97. The number of hydrogen-bond donors (Lipinski definition) is 1. The average Bonchev–Trinajstić information content (AvgIpc) is 2.58. The minimum absolute atomic E-state index is 0.312. The number of aliphatic carboxylic acids is 1. The summed E-state index contributed by atoms with van der Waals surface area (Å²) >= 11 is 0. The van der Waals surface area contributed by atoms with Crippen molar-refractivity contribution >= 4 is 11.8 Å². The molecule has 25 heavy (non-hydrogen) atoms. The molecule has 0 amide bonds. The largest absolute Gasteiger partial charge is 0.481 e. The molecule has 148 valence electrons. The summed E-state index contributed by atoms with van der Waals surface area (Å²) in [6, 6.07) is 0. The van der Waals surface area contributed by atoms with E-state index in [0.717, 1.165) is 44.9 Å². The fourth-order valence-corrected chi connectivity index (χ4v) is 3.24. The zero-order valence-electron chi connectivity index (χ0n) is 16.7. The van der Waals surface area contributed by atoms with Gasteiger partial charge in [0, 0.05) is 19.3 Å². The topological polar surface area (TPSA) is 54.4 Å². The highest BCUT2D eigenvalue weighted by Crippen LogP contribution is 2.13. The van der Waals surface area contributed by atoms with Gasteiger partial charge in [-0.1, -0.05) is 90.4 Å². The molecule has 0 heterocycles.